The van der Waals surface area contributed by atoms with Crippen molar-refractivity contribution in [1.82, 2.24) is 9.55 Å². The van der Waals surface area contributed by atoms with Crippen LogP contribution in [0, 0.1) is 0 Å². The summed E-state index contributed by atoms with van der Waals surface area (Å²) >= 11 is 0. The highest BCUT2D eigenvalue weighted by molar-refractivity contribution is 5.89. The largest absolute Gasteiger partial charge is 0.462 e. The van der Waals surface area contributed by atoms with Gasteiger partial charge in [-0.15, -0.1) is 12.4 Å². The van der Waals surface area contributed by atoms with Crippen LogP contribution in [0.4, 0.5) is 0 Å². The van der Waals surface area contributed by atoms with Crippen LogP contribution in [0.2, 0.25) is 0 Å². The van der Waals surface area contributed by atoms with Crippen LogP contribution in [0.3, 0.4) is 0 Å². The number of fused-ring (bicyclic) bond motifs is 1. The van der Waals surface area contributed by atoms with Crippen molar-refractivity contribution in [1.29, 1.82) is 0 Å². The molecule has 0 saturated heterocycles. The second kappa shape index (κ2) is 8.16. The average molecular weight is 335 g/mol. The normalized spacial score (nSPS) is 16.3. The lowest BCUT2D eigenvalue weighted by atomic mass is 9.96. The molecule has 1 unspecified atom stereocenters. The fourth-order valence-corrected chi connectivity index (χ4v) is 3.15. The maximum absolute atomic E-state index is 11.6. The number of rotatable bonds is 5. The molecule has 23 heavy (non-hydrogen) atoms. The van der Waals surface area contributed by atoms with Crippen molar-refractivity contribution < 1.29 is 9.53 Å². The third-order valence-electron chi connectivity index (χ3n) is 4.34. The molecular formula is C18H23ClN2O2. The standard InChI is InChI=1S/C18H22N2O2.ClH/c1-2-22-18(21)15-9-6-14(7-10-15)8-11-16-4-3-5-17-12-19-13-20(16)17;/h6-7,9-10,12-13,16H,2-5,8,11H2,1H3;1H. The minimum Gasteiger partial charge on any atom is -0.462 e. The second-order valence-corrected chi connectivity index (χ2v) is 5.79. The first-order chi connectivity index (χ1) is 10.8. The highest BCUT2D eigenvalue weighted by atomic mass is 35.5. The Balaban J connectivity index is 0.00000192. The number of ether oxygens (including phenoxy) is 1. The van der Waals surface area contributed by atoms with Crippen molar-refractivity contribution in [2.45, 2.75) is 45.1 Å². The average Bonchev–Trinajstić information content (AvgIpc) is 3.03. The molecule has 0 spiro atoms. The minimum absolute atomic E-state index is 0. The fraction of sp³-hybridized carbons (Fsp3) is 0.444. The Morgan fingerprint density at radius 3 is 2.87 bits per heavy atom. The highest BCUT2D eigenvalue weighted by Crippen LogP contribution is 2.28. The lowest BCUT2D eigenvalue weighted by Crippen LogP contribution is -2.17. The number of benzene rings is 1. The van der Waals surface area contributed by atoms with Gasteiger partial charge in [-0.2, -0.15) is 0 Å². The zero-order valence-corrected chi connectivity index (χ0v) is 14.2. The summed E-state index contributed by atoms with van der Waals surface area (Å²) in [5, 5.41) is 0. The molecular weight excluding hydrogens is 312 g/mol. The van der Waals surface area contributed by atoms with E-state index in [1.165, 1.54) is 24.1 Å². The Hall–Kier alpha value is -1.81. The van der Waals surface area contributed by atoms with E-state index >= 15 is 0 Å². The lowest BCUT2D eigenvalue weighted by molar-refractivity contribution is 0.0526. The first-order valence-electron chi connectivity index (χ1n) is 8.04. The third kappa shape index (κ3) is 4.14. The Bertz CT molecular complexity index is 637. The zero-order valence-electron chi connectivity index (χ0n) is 13.4. The maximum Gasteiger partial charge on any atom is 0.338 e. The Kier molecular flexibility index (Phi) is 6.22. The number of halogens is 1. The predicted octanol–water partition coefficient (Wildman–Crippen LogP) is 3.99. The van der Waals surface area contributed by atoms with Gasteiger partial charge in [0.1, 0.15) is 0 Å². The molecule has 0 aliphatic carbocycles. The van der Waals surface area contributed by atoms with Crippen LogP contribution in [-0.2, 0) is 17.6 Å². The highest BCUT2D eigenvalue weighted by Gasteiger charge is 2.19. The molecule has 0 N–H and O–H groups in total. The lowest BCUT2D eigenvalue weighted by Gasteiger charge is -2.25. The van der Waals surface area contributed by atoms with Gasteiger partial charge < -0.3 is 9.30 Å². The summed E-state index contributed by atoms with van der Waals surface area (Å²) in [7, 11) is 0. The van der Waals surface area contributed by atoms with Crippen LogP contribution < -0.4 is 0 Å². The van der Waals surface area contributed by atoms with Gasteiger partial charge in [0.25, 0.3) is 0 Å². The second-order valence-electron chi connectivity index (χ2n) is 5.79. The molecule has 0 amide bonds. The molecule has 1 aromatic carbocycles. The topological polar surface area (TPSA) is 44.1 Å². The SMILES string of the molecule is CCOC(=O)c1ccc(CCC2CCCc3cncn32)cc1.Cl. The van der Waals surface area contributed by atoms with Gasteiger partial charge in [0.05, 0.1) is 18.5 Å². The number of hydrogen-bond acceptors (Lipinski definition) is 3. The summed E-state index contributed by atoms with van der Waals surface area (Å²) in [4.78, 5) is 15.9. The predicted molar refractivity (Wildman–Crippen MR) is 92.2 cm³/mol. The number of hydrogen-bond donors (Lipinski definition) is 0. The maximum atomic E-state index is 11.6. The van der Waals surface area contributed by atoms with E-state index in [2.05, 4.69) is 9.55 Å². The van der Waals surface area contributed by atoms with Crippen LogP contribution in [0.15, 0.2) is 36.8 Å². The van der Waals surface area contributed by atoms with Gasteiger partial charge in [0, 0.05) is 17.9 Å². The zero-order chi connectivity index (χ0) is 15.4. The van der Waals surface area contributed by atoms with Gasteiger partial charge in [-0.05, 0) is 56.7 Å². The summed E-state index contributed by atoms with van der Waals surface area (Å²) in [6, 6.07) is 8.33. The van der Waals surface area contributed by atoms with Crippen molar-refractivity contribution in [3.63, 3.8) is 0 Å². The molecule has 1 aliphatic heterocycles. The molecule has 1 atom stereocenters. The van der Waals surface area contributed by atoms with Crippen LogP contribution in [0.25, 0.3) is 0 Å². The molecule has 0 fully saturated rings. The monoisotopic (exact) mass is 334 g/mol. The molecule has 124 valence electrons. The molecule has 3 rings (SSSR count). The van der Waals surface area contributed by atoms with E-state index in [1.54, 1.807) is 0 Å². The van der Waals surface area contributed by atoms with Crippen molar-refractivity contribution >= 4 is 18.4 Å². The van der Waals surface area contributed by atoms with Crippen LogP contribution in [-0.4, -0.2) is 22.1 Å². The quantitative estimate of drug-likeness (QED) is 0.776. The van der Waals surface area contributed by atoms with Gasteiger partial charge in [-0.1, -0.05) is 12.1 Å². The smallest absolute Gasteiger partial charge is 0.338 e. The molecule has 1 aliphatic rings. The van der Waals surface area contributed by atoms with Gasteiger partial charge in [-0.25, -0.2) is 9.78 Å². The molecule has 0 radical (unpaired) electrons. The van der Waals surface area contributed by atoms with E-state index < -0.39 is 0 Å². The summed E-state index contributed by atoms with van der Waals surface area (Å²) in [6.45, 7) is 2.23. The van der Waals surface area contributed by atoms with Crippen LogP contribution >= 0.6 is 12.4 Å². The van der Waals surface area contributed by atoms with Crippen molar-refractivity contribution in [3.05, 3.63) is 53.6 Å². The summed E-state index contributed by atoms with van der Waals surface area (Å²) < 4.78 is 7.33. The molecule has 1 aromatic heterocycles. The van der Waals surface area contributed by atoms with Crippen molar-refractivity contribution in [3.8, 4) is 0 Å². The van der Waals surface area contributed by atoms with Crippen molar-refractivity contribution in [2.75, 3.05) is 6.61 Å². The number of imidazole rings is 1. The number of aryl methyl sites for hydroxylation is 2. The number of nitrogens with zero attached hydrogens (tertiary/aromatic N) is 2. The molecule has 2 aromatic rings. The van der Waals surface area contributed by atoms with Gasteiger partial charge in [0.2, 0.25) is 0 Å². The summed E-state index contributed by atoms with van der Waals surface area (Å²) in [5.41, 5.74) is 3.24. The summed E-state index contributed by atoms with van der Waals surface area (Å²) in [6.07, 6.45) is 9.70. The van der Waals surface area contributed by atoms with Gasteiger partial charge in [-0.3, -0.25) is 0 Å². The van der Waals surface area contributed by atoms with Crippen molar-refractivity contribution in [2.24, 2.45) is 0 Å². The number of carbonyl (C=O) groups is 1. The van der Waals surface area contributed by atoms with Crippen LogP contribution in [0.5, 0.6) is 0 Å². The minimum atomic E-state index is -0.246. The van der Waals surface area contributed by atoms with E-state index in [-0.39, 0.29) is 18.4 Å². The van der Waals surface area contributed by atoms with Gasteiger partial charge in [0.15, 0.2) is 0 Å². The van der Waals surface area contributed by atoms with E-state index in [4.69, 9.17) is 4.74 Å². The van der Waals surface area contributed by atoms with Crippen LogP contribution in [0.1, 0.15) is 53.8 Å². The van der Waals surface area contributed by atoms with Gasteiger partial charge >= 0.3 is 5.97 Å². The first-order valence-corrected chi connectivity index (χ1v) is 8.04. The molecule has 5 heteroatoms. The third-order valence-corrected chi connectivity index (χ3v) is 4.34. The number of esters is 1. The van der Waals surface area contributed by atoms with E-state index in [9.17, 15) is 4.79 Å². The fourth-order valence-electron chi connectivity index (χ4n) is 3.15. The molecule has 4 nitrogen and oxygen atoms in total. The Morgan fingerprint density at radius 1 is 1.35 bits per heavy atom. The van der Waals surface area contributed by atoms with E-state index in [0.717, 1.165) is 19.3 Å². The van der Waals surface area contributed by atoms with E-state index in [0.29, 0.717) is 18.2 Å². The Morgan fingerprint density at radius 2 is 2.13 bits per heavy atom. The first kappa shape index (κ1) is 17.5. The molecule has 0 bridgehead atoms. The Labute approximate surface area is 143 Å². The number of aromatic nitrogens is 2. The molecule has 0 saturated carbocycles. The summed E-state index contributed by atoms with van der Waals surface area (Å²) in [5.74, 6) is -0.246. The molecule has 2 heterocycles. The number of carbonyl (C=O) groups excluding carboxylic acids is 1. The van der Waals surface area contributed by atoms with E-state index in [1.807, 2.05) is 43.7 Å².